The molecule has 9 heteroatoms. The first kappa shape index (κ1) is 29.6. The highest BCUT2D eigenvalue weighted by atomic mass is 16.5. The monoisotopic (exact) mass is 503 g/mol. The summed E-state index contributed by atoms with van der Waals surface area (Å²) in [7, 11) is 3.02. The quantitative estimate of drug-likeness (QED) is 0.157. The summed E-state index contributed by atoms with van der Waals surface area (Å²) in [4.78, 5) is 42.6. The number of aldehydes is 1. The van der Waals surface area contributed by atoms with E-state index in [0.717, 1.165) is 0 Å². The second kappa shape index (κ2) is 12.1. The van der Waals surface area contributed by atoms with Gasteiger partial charge >= 0.3 is 11.9 Å². The molecular weight excluding hydrogens is 462 g/mol. The summed E-state index contributed by atoms with van der Waals surface area (Å²) in [6.07, 6.45) is 7.61. The molecular formula is C27H41N3O6. The maximum Gasteiger partial charge on any atom is 0.320 e. The Balaban J connectivity index is 2.88. The zero-order chi connectivity index (χ0) is 27.3. The highest BCUT2D eigenvalue weighted by Gasteiger charge is 2.72. The average Bonchev–Trinajstić information content (AvgIpc) is 2.82. The van der Waals surface area contributed by atoms with E-state index in [9.17, 15) is 24.6 Å². The van der Waals surface area contributed by atoms with E-state index in [4.69, 9.17) is 10.5 Å². The molecule has 2 rings (SSSR count). The number of piperidine rings is 2. The van der Waals surface area contributed by atoms with Crippen LogP contribution in [0.15, 0.2) is 48.6 Å². The summed E-state index contributed by atoms with van der Waals surface area (Å²) in [5.74, 6) is -1.77. The lowest BCUT2D eigenvalue weighted by Gasteiger charge is -2.65. The molecule has 2 fully saturated rings. The number of fused-ring (bicyclic) bond motifs is 2. The Hall–Kier alpha value is -2.59. The van der Waals surface area contributed by atoms with Gasteiger partial charge in [-0.3, -0.25) is 19.4 Å². The summed E-state index contributed by atoms with van der Waals surface area (Å²) in [6, 6.07) is -2.41. The molecule has 0 amide bonds. The number of unbranched alkanes of at least 4 members (excludes halogenated alkanes) is 1. The molecule has 2 bridgehead atoms. The Morgan fingerprint density at radius 3 is 2.44 bits per heavy atom. The van der Waals surface area contributed by atoms with Crippen molar-refractivity contribution in [1.82, 2.24) is 9.80 Å². The van der Waals surface area contributed by atoms with Crippen LogP contribution in [0.1, 0.15) is 33.1 Å². The van der Waals surface area contributed by atoms with Crippen LogP contribution >= 0.6 is 0 Å². The fourth-order valence-corrected chi connectivity index (χ4v) is 6.48. The number of nitrogens with two attached hydrogens (primary N) is 1. The molecule has 0 saturated carbocycles. The number of rotatable bonds is 12. The fraction of sp³-hybridized carbons (Fsp3) is 0.593. The summed E-state index contributed by atoms with van der Waals surface area (Å²) < 4.78 is 5.24. The predicted octanol–water partition coefficient (Wildman–Crippen LogP) is 1.54. The van der Waals surface area contributed by atoms with Crippen molar-refractivity contribution in [3.05, 3.63) is 48.6 Å². The molecule has 4 N–H and O–H groups in total. The molecule has 6 atom stereocenters. The molecule has 0 aliphatic carbocycles. The van der Waals surface area contributed by atoms with E-state index in [2.05, 4.69) is 13.2 Å². The van der Waals surface area contributed by atoms with Crippen LogP contribution in [-0.4, -0.2) is 96.3 Å². The number of likely N-dealkylation sites (N-methyl/N-ethyl adjacent to an activating group) is 1. The maximum absolute atomic E-state index is 13.6. The van der Waals surface area contributed by atoms with Gasteiger partial charge in [-0.2, -0.15) is 0 Å². The smallest absolute Gasteiger partial charge is 0.320 e. The lowest BCUT2D eigenvalue weighted by atomic mass is 9.53. The van der Waals surface area contributed by atoms with Crippen molar-refractivity contribution in [3.63, 3.8) is 0 Å². The van der Waals surface area contributed by atoms with Crippen LogP contribution in [0, 0.1) is 10.8 Å². The topological polar surface area (TPSA) is 133 Å². The fourth-order valence-electron chi connectivity index (χ4n) is 6.48. The predicted molar refractivity (Wildman–Crippen MR) is 138 cm³/mol. The lowest BCUT2D eigenvalue weighted by molar-refractivity contribution is -0.227. The normalized spacial score (nSPS) is 32.2. The lowest BCUT2D eigenvalue weighted by Crippen LogP contribution is -2.81. The van der Waals surface area contributed by atoms with Crippen molar-refractivity contribution in [2.24, 2.45) is 16.6 Å². The van der Waals surface area contributed by atoms with Crippen molar-refractivity contribution in [2.75, 3.05) is 33.8 Å². The van der Waals surface area contributed by atoms with Gasteiger partial charge in [-0.15, -0.1) is 0 Å². The van der Waals surface area contributed by atoms with Gasteiger partial charge in [-0.1, -0.05) is 49.5 Å². The van der Waals surface area contributed by atoms with Gasteiger partial charge in [0, 0.05) is 13.1 Å². The van der Waals surface area contributed by atoms with Crippen molar-refractivity contribution in [2.45, 2.75) is 57.3 Å². The largest absolute Gasteiger partial charge is 0.480 e. The Morgan fingerprint density at radius 1 is 1.28 bits per heavy atom. The van der Waals surface area contributed by atoms with Crippen molar-refractivity contribution in [3.8, 4) is 0 Å². The second-order valence-corrected chi connectivity index (χ2v) is 9.90. The van der Waals surface area contributed by atoms with Gasteiger partial charge in [-0.25, -0.2) is 0 Å². The number of carbonyl (C=O) groups excluding carboxylic acids is 2. The molecule has 36 heavy (non-hydrogen) atoms. The maximum atomic E-state index is 13.6. The summed E-state index contributed by atoms with van der Waals surface area (Å²) >= 11 is 0. The third-order valence-electron chi connectivity index (χ3n) is 7.74. The summed E-state index contributed by atoms with van der Waals surface area (Å²) in [6.45, 7) is 11.9. The van der Waals surface area contributed by atoms with Gasteiger partial charge in [0.2, 0.25) is 0 Å². The highest BCUT2D eigenvalue weighted by Crippen LogP contribution is 2.55. The molecule has 0 radical (unpaired) electrons. The molecule has 2 saturated heterocycles. The Morgan fingerprint density at radius 2 is 1.94 bits per heavy atom. The van der Waals surface area contributed by atoms with Gasteiger partial charge < -0.3 is 25.5 Å². The van der Waals surface area contributed by atoms with Crippen molar-refractivity contribution < 1.29 is 29.3 Å². The molecule has 0 aromatic heterocycles. The zero-order valence-corrected chi connectivity index (χ0v) is 21.9. The number of aliphatic carboxylic acids is 1. The van der Waals surface area contributed by atoms with Crippen LogP contribution in [0.2, 0.25) is 0 Å². The zero-order valence-electron chi connectivity index (χ0n) is 21.9. The van der Waals surface area contributed by atoms with E-state index in [-0.39, 0.29) is 19.5 Å². The minimum absolute atomic E-state index is 0.0570. The number of esters is 1. The van der Waals surface area contributed by atoms with E-state index in [1.807, 2.05) is 18.7 Å². The van der Waals surface area contributed by atoms with Crippen LogP contribution in [0.3, 0.4) is 0 Å². The Bertz CT molecular complexity index is 930. The van der Waals surface area contributed by atoms with Gasteiger partial charge in [0.05, 0.1) is 30.7 Å². The first-order valence-corrected chi connectivity index (χ1v) is 12.3. The number of nitrogens with zero attached hydrogens (tertiary/aromatic N) is 2. The van der Waals surface area contributed by atoms with E-state index in [0.29, 0.717) is 36.8 Å². The Kier molecular flexibility index (Phi) is 9.96. The number of methoxy groups -OCH3 is 1. The number of hydrogen-bond donors (Lipinski definition) is 3. The molecule has 0 spiro atoms. The van der Waals surface area contributed by atoms with Crippen molar-refractivity contribution >= 4 is 18.2 Å². The molecule has 200 valence electrons. The average molecular weight is 504 g/mol. The van der Waals surface area contributed by atoms with Gasteiger partial charge in [-0.05, 0) is 45.9 Å². The van der Waals surface area contributed by atoms with E-state index in [1.165, 1.54) is 7.11 Å². The molecule has 2 aliphatic heterocycles. The van der Waals surface area contributed by atoms with E-state index in [1.54, 1.807) is 36.3 Å². The highest BCUT2D eigenvalue weighted by molar-refractivity contribution is 5.83. The number of carbonyl (C=O) groups is 3. The van der Waals surface area contributed by atoms with E-state index < -0.39 is 47.0 Å². The van der Waals surface area contributed by atoms with Gasteiger partial charge in [0.1, 0.15) is 17.7 Å². The molecule has 9 nitrogen and oxygen atoms in total. The molecule has 3 unspecified atom stereocenters. The number of carboxylic acids is 1. The number of aliphatic hydroxyl groups is 1. The van der Waals surface area contributed by atoms with Crippen LogP contribution in [-0.2, 0) is 19.1 Å². The number of carboxylic acid groups (broad SMARTS) is 1. The molecule has 0 aromatic rings. The summed E-state index contributed by atoms with van der Waals surface area (Å²) in [5, 5.41) is 22.1. The van der Waals surface area contributed by atoms with Crippen LogP contribution < -0.4 is 5.73 Å². The van der Waals surface area contributed by atoms with Crippen LogP contribution in [0.25, 0.3) is 0 Å². The van der Waals surface area contributed by atoms with E-state index >= 15 is 0 Å². The SMILES string of the molecule is C=C/C=C(\C)[C@H]1N(C)[C@@H](C(=C)/C=C\C)C2(C=O)CN(C(CCCCN)C(=O)O)CC1(C(=O)OC)[C@H]2O. The van der Waals surface area contributed by atoms with Gasteiger partial charge in [0.15, 0.2) is 0 Å². The first-order valence-electron chi connectivity index (χ1n) is 12.3. The Labute approximate surface area is 214 Å². The number of aliphatic hydroxyl groups excluding tert-OH is 1. The first-order chi connectivity index (χ1) is 17.0. The molecule has 2 aliphatic rings. The van der Waals surface area contributed by atoms with Crippen LogP contribution in [0.5, 0.6) is 0 Å². The second-order valence-electron chi connectivity index (χ2n) is 9.90. The minimum atomic E-state index is -1.64. The van der Waals surface area contributed by atoms with Gasteiger partial charge in [0.25, 0.3) is 0 Å². The van der Waals surface area contributed by atoms with Crippen LogP contribution in [0.4, 0.5) is 0 Å². The summed E-state index contributed by atoms with van der Waals surface area (Å²) in [5.41, 5.74) is 3.73. The number of ether oxygens (including phenoxy) is 1. The standard InChI is InChI=1S/C27H41N3O6/c1-7-11-18(3)21-26(17-31)15-30(20(23(32)33)13-9-10-14-28)16-27(24(26)34,25(35)36-6)22(29(21)5)19(4)12-8-2/h7-8,11-12,17,20-22,24,34H,2-3,9-10,13-16,28H2,1,4-6H3,(H,32,33)/b11-7-,19-12+/t20?,21-,22+,24-,26?,27?/m0/s1. The number of hydrogen-bond acceptors (Lipinski definition) is 8. The molecule has 0 aromatic carbocycles. The third kappa shape index (κ3) is 4.85. The molecule has 2 heterocycles. The third-order valence-corrected chi connectivity index (χ3v) is 7.74. The number of likely N-dealkylation sites (tertiary alicyclic amines) is 2. The minimum Gasteiger partial charge on any atom is -0.480 e. The van der Waals surface area contributed by atoms with Crippen molar-refractivity contribution in [1.29, 1.82) is 0 Å². The number of allylic oxidation sites excluding steroid dienone is 3.